The minimum absolute atomic E-state index is 0.00241. The first kappa shape index (κ1) is 18.8. The monoisotopic (exact) mass is 408 g/mol. The number of likely N-dealkylation sites (tertiary alicyclic amines) is 1. The van der Waals surface area contributed by atoms with E-state index in [-0.39, 0.29) is 29.6 Å². The minimum Gasteiger partial charge on any atom is -0.501 e. The molecule has 0 bridgehead atoms. The molecule has 1 saturated heterocycles. The van der Waals surface area contributed by atoms with Gasteiger partial charge in [-0.25, -0.2) is 0 Å². The molecule has 1 unspecified atom stereocenters. The Balaban J connectivity index is 1.52. The quantitative estimate of drug-likeness (QED) is 0.807. The molecule has 3 heterocycles. The summed E-state index contributed by atoms with van der Waals surface area (Å²) < 4.78 is 1.66. The molecule has 3 aliphatic rings. The Morgan fingerprint density at radius 2 is 1.80 bits per heavy atom. The molecule has 1 aliphatic carbocycles. The van der Waals surface area contributed by atoms with Crippen LogP contribution >= 0.6 is 0 Å². The van der Waals surface area contributed by atoms with Gasteiger partial charge in [0.2, 0.25) is 11.7 Å². The number of carbonyl (C=O) groups is 2. The van der Waals surface area contributed by atoms with Crippen LogP contribution in [-0.2, 0) is 24.2 Å². The second-order valence-electron chi connectivity index (χ2n) is 8.32. The second-order valence-corrected chi connectivity index (χ2v) is 8.32. The van der Waals surface area contributed by atoms with E-state index >= 15 is 0 Å². The highest BCUT2D eigenvalue weighted by Gasteiger charge is 2.39. The zero-order valence-electron chi connectivity index (χ0n) is 16.9. The first-order valence-corrected chi connectivity index (χ1v) is 10.4. The van der Waals surface area contributed by atoms with E-state index < -0.39 is 11.3 Å². The molecule has 0 saturated carbocycles. The van der Waals surface area contributed by atoms with Crippen LogP contribution in [-0.4, -0.2) is 55.4 Å². The lowest BCUT2D eigenvalue weighted by Crippen LogP contribution is -2.49. The van der Waals surface area contributed by atoms with Crippen molar-refractivity contribution in [2.45, 2.75) is 51.2 Å². The number of aromatic hydroxyl groups is 1. The Kier molecular flexibility index (Phi) is 4.38. The Hall–Kier alpha value is -3.16. The lowest BCUT2D eigenvalue weighted by atomic mass is 10.1. The number of rotatable bonds is 2. The Bertz CT molecular complexity index is 1080. The number of amides is 2. The van der Waals surface area contributed by atoms with Gasteiger partial charge in [-0.1, -0.05) is 24.3 Å². The Morgan fingerprint density at radius 3 is 2.47 bits per heavy atom. The first-order chi connectivity index (χ1) is 14.5. The number of carbonyl (C=O) groups excluding carboxylic acids is 2. The van der Waals surface area contributed by atoms with Crippen LogP contribution in [0.1, 0.15) is 53.2 Å². The van der Waals surface area contributed by atoms with Crippen LogP contribution in [0.15, 0.2) is 29.1 Å². The van der Waals surface area contributed by atoms with Gasteiger partial charge in [0, 0.05) is 32.6 Å². The number of hydrogen-bond donors (Lipinski definition) is 1. The lowest BCUT2D eigenvalue weighted by molar-refractivity contribution is -0.129. The zero-order chi connectivity index (χ0) is 21.0. The summed E-state index contributed by atoms with van der Waals surface area (Å²) in [5.41, 5.74) is 1.67. The molecule has 8 heteroatoms. The van der Waals surface area contributed by atoms with Gasteiger partial charge in [0.1, 0.15) is 5.82 Å². The standard InChI is InChI=1S/C22H24N4O4/c1-13(27)24-8-4-7-17(24)20-23-21(29)19(28)18-22(30)25(9-10-26(18)20)16-11-14-5-2-3-6-15(14)12-16/h2-3,5-6,16-17,28H,4,7-12H2,1H3. The predicted octanol–water partition coefficient (Wildman–Crippen LogP) is 1.26. The molecule has 1 N–H and O–H groups in total. The Morgan fingerprint density at radius 1 is 1.10 bits per heavy atom. The van der Waals surface area contributed by atoms with Crippen molar-refractivity contribution < 1.29 is 14.7 Å². The van der Waals surface area contributed by atoms with Gasteiger partial charge >= 0.3 is 5.56 Å². The maximum absolute atomic E-state index is 13.4. The summed E-state index contributed by atoms with van der Waals surface area (Å²) in [6, 6.07) is 7.83. The maximum atomic E-state index is 13.4. The maximum Gasteiger partial charge on any atom is 0.315 e. The molecule has 8 nitrogen and oxygen atoms in total. The molecule has 30 heavy (non-hydrogen) atoms. The van der Waals surface area contributed by atoms with Crippen LogP contribution in [0.2, 0.25) is 0 Å². The van der Waals surface area contributed by atoms with Crippen molar-refractivity contribution >= 4 is 11.8 Å². The highest BCUT2D eigenvalue weighted by molar-refractivity contribution is 5.96. The fraction of sp³-hybridized carbons (Fsp3) is 0.455. The molecule has 2 aromatic rings. The molecule has 1 fully saturated rings. The summed E-state index contributed by atoms with van der Waals surface area (Å²) in [7, 11) is 0. The largest absolute Gasteiger partial charge is 0.501 e. The van der Waals surface area contributed by atoms with Crippen molar-refractivity contribution in [1.29, 1.82) is 0 Å². The van der Waals surface area contributed by atoms with Crippen molar-refractivity contribution in [3.8, 4) is 5.75 Å². The average molecular weight is 408 g/mol. The van der Waals surface area contributed by atoms with Crippen molar-refractivity contribution in [3.05, 3.63) is 57.3 Å². The molecule has 5 rings (SSSR count). The Labute approximate surface area is 173 Å². The summed E-state index contributed by atoms with van der Waals surface area (Å²) in [6.45, 7) is 3.02. The van der Waals surface area contributed by atoms with E-state index in [9.17, 15) is 19.5 Å². The third kappa shape index (κ3) is 2.81. The first-order valence-electron chi connectivity index (χ1n) is 10.4. The van der Waals surface area contributed by atoms with Gasteiger partial charge in [0.25, 0.3) is 5.91 Å². The van der Waals surface area contributed by atoms with Gasteiger partial charge < -0.3 is 19.5 Å². The smallest absolute Gasteiger partial charge is 0.315 e. The second kappa shape index (κ2) is 6.97. The third-order valence-electron chi connectivity index (χ3n) is 6.64. The molecule has 1 atom stereocenters. The molecular formula is C22H24N4O4. The molecule has 1 aromatic heterocycles. The molecule has 2 aliphatic heterocycles. The number of hydrogen-bond acceptors (Lipinski definition) is 5. The summed E-state index contributed by atoms with van der Waals surface area (Å²) in [5, 5.41) is 10.5. The summed E-state index contributed by atoms with van der Waals surface area (Å²) in [5.74, 6) is -0.620. The molecule has 2 amide bonds. The van der Waals surface area contributed by atoms with Crippen molar-refractivity contribution in [1.82, 2.24) is 19.4 Å². The fourth-order valence-corrected chi connectivity index (χ4v) is 5.22. The molecule has 1 aromatic carbocycles. The van der Waals surface area contributed by atoms with E-state index in [1.54, 1.807) is 14.4 Å². The topological polar surface area (TPSA) is 95.7 Å². The highest BCUT2D eigenvalue weighted by Crippen LogP contribution is 2.34. The molecule has 0 spiro atoms. The van der Waals surface area contributed by atoms with Crippen LogP contribution in [0.4, 0.5) is 0 Å². The van der Waals surface area contributed by atoms with Crippen LogP contribution in [0.25, 0.3) is 0 Å². The summed E-state index contributed by atoms with van der Waals surface area (Å²) in [4.78, 5) is 45.4. The highest BCUT2D eigenvalue weighted by atomic mass is 16.3. The van der Waals surface area contributed by atoms with Gasteiger partial charge in [-0.2, -0.15) is 4.98 Å². The number of nitrogens with zero attached hydrogens (tertiary/aromatic N) is 4. The van der Waals surface area contributed by atoms with Gasteiger partial charge in [0.15, 0.2) is 5.69 Å². The fourth-order valence-electron chi connectivity index (χ4n) is 5.22. The van der Waals surface area contributed by atoms with E-state index in [2.05, 4.69) is 17.1 Å². The predicted molar refractivity (Wildman–Crippen MR) is 108 cm³/mol. The normalized spacial score (nSPS) is 21.1. The van der Waals surface area contributed by atoms with Gasteiger partial charge in [0.05, 0.1) is 6.04 Å². The third-order valence-corrected chi connectivity index (χ3v) is 6.64. The van der Waals surface area contributed by atoms with E-state index in [0.717, 1.165) is 19.3 Å². The number of aromatic nitrogens is 2. The lowest BCUT2D eigenvalue weighted by Gasteiger charge is -2.36. The van der Waals surface area contributed by atoms with E-state index in [0.29, 0.717) is 31.9 Å². The van der Waals surface area contributed by atoms with Crippen molar-refractivity contribution in [2.24, 2.45) is 0 Å². The van der Waals surface area contributed by atoms with Gasteiger partial charge in [-0.15, -0.1) is 0 Å². The number of benzene rings is 1. The van der Waals surface area contributed by atoms with Crippen LogP contribution in [0.5, 0.6) is 5.75 Å². The van der Waals surface area contributed by atoms with Crippen LogP contribution in [0, 0.1) is 0 Å². The molecular weight excluding hydrogens is 384 g/mol. The van der Waals surface area contributed by atoms with E-state index in [4.69, 9.17) is 0 Å². The van der Waals surface area contributed by atoms with Gasteiger partial charge in [-0.05, 0) is 36.8 Å². The zero-order valence-corrected chi connectivity index (χ0v) is 16.9. The van der Waals surface area contributed by atoms with E-state index in [1.807, 2.05) is 12.1 Å². The van der Waals surface area contributed by atoms with Crippen molar-refractivity contribution in [2.75, 3.05) is 13.1 Å². The molecule has 0 radical (unpaired) electrons. The van der Waals surface area contributed by atoms with Gasteiger partial charge in [-0.3, -0.25) is 14.4 Å². The average Bonchev–Trinajstić information content (AvgIpc) is 3.37. The minimum atomic E-state index is -0.809. The van der Waals surface area contributed by atoms with Crippen molar-refractivity contribution in [3.63, 3.8) is 0 Å². The van der Waals surface area contributed by atoms with Crippen LogP contribution in [0.3, 0.4) is 0 Å². The summed E-state index contributed by atoms with van der Waals surface area (Å²) >= 11 is 0. The summed E-state index contributed by atoms with van der Waals surface area (Å²) in [6.07, 6.45) is 3.04. The SMILES string of the molecule is CC(=O)N1CCCC1c1nc(=O)c(O)c2n1CCN(C1Cc3ccccc3C1)C2=O. The molecule has 156 valence electrons. The van der Waals surface area contributed by atoms with Crippen LogP contribution < -0.4 is 5.56 Å². The van der Waals surface area contributed by atoms with E-state index in [1.165, 1.54) is 18.1 Å². The number of fused-ring (bicyclic) bond motifs is 2.